The zero-order valence-electron chi connectivity index (χ0n) is 13.8. The van der Waals surface area contributed by atoms with Gasteiger partial charge in [-0.2, -0.15) is 13.2 Å². The number of halogens is 3. The zero-order valence-corrected chi connectivity index (χ0v) is 13.8. The first-order valence-electron chi connectivity index (χ1n) is 7.59. The van der Waals surface area contributed by atoms with Crippen molar-refractivity contribution in [3.8, 4) is 5.75 Å². The summed E-state index contributed by atoms with van der Waals surface area (Å²) in [5, 5.41) is 0. The predicted octanol–water partition coefficient (Wildman–Crippen LogP) is 5.26. The molecule has 0 atom stereocenters. The highest BCUT2D eigenvalue weighted by Crippen LogP contribution is 2.30. The van der Waals surface area contributed by atoms with Crippen molar-refractivity contribution in [3.63, 3.8) is 0 Å². The fourth-order valence-corrected chi connectivity index (χ4v) is 2.40. The van der Waals surface area contributed by atoms with Crippen molar-refractivity contribution in [1.29, 1.82) is 0 Å². The fourth-order valence-electron chi connectivity index (χ4n) is 2.40. The average Bonchev–Trinajstić information content (AvgIpc) is 2.53. The van der Waals surface area contributed by atoms with Crippen molar-refractivity contribution < 1.29 is 22.7 Å². The number of Topliss-reactive ketones (excluding diaryl/α,β-unsaturated/α-hetero) is 1. The third-order valence-corrected chi connectivity index (χ3v) is 3.77. The number of ether oxygens (including phenoxy) is 1. The van der Waals surface area contributed by atoms with Crippen LogP contribution in [0.2, 0.25) is 0 Å². The van der Waals surface area contributed by atoms with E-state index in [9.17, 15) is 18.0 Å². The van der Waals surface area contributed by atoms with E-state index in [1.807, 2.05) is 26.0 Å². The van der Waals surface area contributed by atoms with E-state index in [4.69, 9.17) is 4.74 Å². The summed E-state index contributed by atoms with van der Waals surface area (Å²) < 4.78 is 43.5. The molecule has 0 N–H and O–H groups in total. The molecule has 0 saturated carbocycles. The van der Waals surface area contributed by atoms with Gasteiger partial charge in [-0.1, -0.05) is 32.0 Å². The first-order valence-corrected chi connectivity index (χ1v) is 7.59. The van der Waals surface area contributed by atoms with Gasteiger partial charge in [0.05, 0.1) is 12.7 Å². The Kier molecular flexibility index (Phi) is 5.32. The normalized spacial score (nSPS) is 11.6. The van der Waals surface area contributed by atoms with E-state index < -0.39 is 11.7 Å². The summed E-state index contributed by atoms with van der Waals surface area (Å²) in [6.45, 7) is 4.04. The fraction of sp³-hybridized carbons (Fsp3) is 0.316. The first-order chi connectivity index (χ1) is 11.2. The monoisotopic (exact) mass is 336 g/mol. The third kappa shape index (κ3) is 4.37. The Labute approximate surface area is 139 Å². The van der Waals surface area contributed by atoms with Crippen LogP contribution in [0.25, 0.3) is 0 Å². The minimum Gasteiger partial charge on any atom is -0.497 e. The van der Waals surface area contributed by atoms with Crippen LogP contribution in [0, 0.1) is 0 Å². The maximum Gasteiger partial charge on any atom is 0.416 e. The molecule has 0 spiro atoms. The van der Waals surface area contributed by atoms with Crippen molar-refractivity contribution >= 4 is 5.78 Å². The van der Waals surface area contributed by atoms with Crippen LogP contribution >= 0.6 is 0 Å². The number of carbonyl (C=O) groups is 1. The molecular formula is C19H19F3O2. The van der Waals surface area contributed by atoms with Crippen LogP contribution in [0.3, 0.4) is 0 Å². The van der Waals surface area contributed by atoms with Crippen molar-refractivity contribution in [2.24, 2.45) is 0 Å². The van der Waals surface area contributed by atoms with Gasteiger partial charge in [-0.25, -0.2) is 0 Å². The molecule has 0 aliphatic heterocycles. The standard InChI is InChI=1S/C19H19F3O2/c1-12(2)15-7-13(8-17(11-15)24-3)9-18(23)14-5-4-6-16(10-14)19(20,21)22/h4-8,10-12H,9H2,1-3H3. The number of rotatable bonds is 5. The summed E-state index contributed by atoms with van der Waals surface area (Å²) in [5.41, 5.74) is 0.974. The lowest BCUT2D eigenvalue weighted by Gasteiger charge is -2.12. The van der Waals surface area contributed by atoms with Crippen molar-refractivity contribution in [2.45, 2.75) is 32.4 Å². The highest BCUT2D eigenvalue weighted by atomic mass is 19.4. The molecule has 0 amide bonds. The smallest absolute Gasteiger partial charge is 0.416 e. The Balaban J connectivity index is 2.28. The Morgan fingerprint density at radius 1 is 1.12 bits per heavy atom. The van der Waals surface area contributed by atoms with Gasteiger partial charge in [-0.05, 0) is 41.3 Å². The summed E-state index contributed by atoms with van der Waals surface area (Å²) in [6.07, 6.45) is -4.44. The van der Waals surface area contributed by atoms with Gasteiger partial charge in [0, 0.05) is 12.0 Å². The van der Waals surface area contributed by atoms with Crippen molar-refractivity contribution in [3.05, 3.63) is 64.7 Å². The maximum atomic E-state index is 12.8. The zero-order chi connectivity index (χ0) is 17.9. The van der Waals surface area contributed by atoms with Crippen LogP contribution in [-0.4, -0.2) is 12.9 Å². The van der Waals surface area contributed by atoms with E-state index >= 15 is 0 Å². The average molecular weight is 336 g/mol. The number of alkyl halides is 3. The van der Waals surface area contributed by atoms with E-state index in [0.29, 0.717) is 5.75 Å². The molecule has 0 unspecified atom stereocenters. The van der Waals surface area contributed by atoms with Gasteiger partial charge < -0.3 is 4.74 Å². The van der Waals surface area contributed by atoms with Crippen LogP contribution in [-0.2, 0) is 12.6 Å². The number of carbonyl (C=O) groups excluding carboxylic acids is 1. The van der Waals surface area contributed by atoms with E-state index in [1.54, 1.807) is 6.07 Å². The number of benzene rings is 2. The number of ketones is 1. The lowest BCUT2D eigenvalue weighted by Crippen LogP contribution is -2.09. The van der Waals surface area contributed by atoms with Crippen LogP contribution in [0.15, 0.2) is 42.5 Å². The van der Waals surface area contributed by atoms with Crippen molar-refractivity contribution in [2.75, 3.05) is 7.11 Å². The molecule has 0 aliphatic rings. The lowest BCUT2D eigenvalue weighted by atomic mass is 9.96. The number of hydrogen-bond donors (Lipinski definition) is 0. The van der Waals surface area contributed by atoms with Crippen LogP contribution in [0.1, 0.15) is 46.8 Å². The molecule has 0 bridgehead atoms. The molecule has 24 heavy (non-hydrogen) atoms. The Hall–Kier alpha value is -2.30. The Morgan fingerprint density at radius 3 is 2.42 bits per heavy atom. The minimum absolute atomic E-state index is 0.0260. The van der Waals surface area contributed by atoms with E-state index in [2.05, 4.69) is 0 Å². The van der Waals surface area contributed by atoms with Gasteiger partial charge in [-0.15, -0.1) is 0 Å². The van der Waals surface area contributed by atoms with Gasteiger partial charge in [0.2, 0.25) is 0 Å². The van der Waals surface area contributed by atoms with Gasteiger partial charge >= 0.3 is 6.18 Å². The minimum atomic E-state index is -4.46. The third-order valence-electron chi connectivity index (χ3n) is 3.77. The molecule has 2 aromatic rings. The van der Waals surface area contributed by atoms with Crippen LogP contribution in [0.5, 0.6) is 5.75 Å². The van der Waals surface area contributed by atoms with Gasteiger partial charge in [0.15, 0.2) is 5.78 Å². The van der Waals surface area contributed by atoms with Crippen LogP contribution in [0.4, 0.5) is 13.2 Å². The molecule has 2 rings (SSSR count). The molecule has 0 radical (unpaired) electrons. The quantitative estimate of drug-likeness (QED) is 0.696. The molecule has 0 saturated heterocycles. The largest absolute Gasteiger partial charge is 0.497 e. The van der Waals surface area contributed by atoms with Gasteiger partial charge in [-0.3, -0.25) is 4.79 Å². The molecule has 2 nitrogen and oxygen atoms in total. The Morgan fingerprint density at radius 2 is 1.83 bits per heavy atom. The summed E-state index contributed by atoms with van der Waals surface area (Å²) >= 11 is 0. The van der Waals surface area contributed by atoms with Crippen molar-refractivity contribution in [1.82, 2.24) is 0 Å². The molecule has 0 heterocycles. The molecule has 0 aliphatic carbocycles. The van der Waals surface area contributed by atoms with E-state index in [1.165, 1.54) is 19.2 Å². The molecule has 2 aromatic carbocycles. The highest BCUT2D eigenvalue weighted by Gasteiger charge is 2.30. The number of hydrogen-bond acceptors (Lipinski definition) is 2. The molecule has 128 valence electrons. The summed E-state index contributed by atoms with van der Waals surface area (Å²) in [7, 11) is 1.54. The van der Waals surface area contributed by atoms with Crippen LogP contribution < -0.4 is 4.74 Å². The second kappa shape index (κ2) is 7.07. The molecule has 5 heteroatoms. The SMILES string of the molecule is COc1cc(CC(=O)c2cccc(C(F)(F)F)c2)cc(C(C)C)c1. The summed E-state index contributed by atoms with van der Waals surface area (Å²) in [4.78, 5) is 12.4. The summed E-state index contributed by atoms with van der Waals surface area (Å²) in [5.74, 6) is 0.527. The second-order valence-corrected chi connectivity index (χ2v) is 5.95. The van der Waals surface area contributed by atoms with Gasteiger partial charge in [0.1, 0.15) is 5.75 Å². The predicted molar refractivity (Wildman–Crippen MR) is 86.6 cm³/mol. The second-order valence-electron chi connectivity index (χ2n) is 5.95. The molecule has 0 fully saturated rings. The first kappa shape index (κ1) is 18.0. The van der Waals surface area contributed by atoms with E-state index in [0.717, 1.165) is 23.3 Å². The van der Waals surface area contributed by atoms with E-state index in [-0.39, 0.29) is 23.7 Å². The molecular weight excluding hydrogens is 317 g/mol. The maximum absolute atomic E-state index is 12.8. The highest BCUT2D eigenvalue weighted by molar-refractivity contribution is 5.97. The topological polar surface area (TPSA) is 26.3 Å². The Bertz CT molecular complexity index is 734. The van der Waals surface area contributed by atoms with Gasteiger partial charge in [0.25, 0.3) is 0 Å². The molecule has 0 aromatic heterocycles. The lowest BCUT2D eigenvalue weighted by molar-refractivity contribution is -0.137. The number of methoxy groups -OCH3 is 1. The summed E-state index contributed by atoms with van der Waals surface area (Å²) in [6, 6.07) is 10.0.